The number of thiophene rings is 1. The van der Waals surface area contributed by atoms with Gasteiger partial charge in [0.1, 0.15) is 5.76 Å². The quantitative estimate of drug-likeness (QED) is 0.906. The zero-order valence-corrected chi connectivity index (χ0v) is 10.6. The number of carbonyl (C=O) groups excluding carboxylic acids is 1. The number of amides is 1. The average molecular weight is 250 g/mol. The summed E-state index contributed by atoms with van der Waals surface area (Å²) in [4.78, 5) is 12.4. The highest BCUT2D eigenvalue weighted by Crippen LogP contribution is 2.12. The van der Waals surface area contributed by atoms with Crippen LogP contribution in [0.2, 0.25) is 0 Å². The van der Waals surface area contributed by atoms with E-state index in [9.17, 15) is 4.79 Å². The lowest BCUT2D eigenvalue weighted by atomic mass is 10.1. The number of nitrogens with zero attached hydrogens (tertiary/aromatic N) is 1. The summed E-state index contributed by atoms with van der Waals surface area (Å²) < 4.78 is 5.06. The van der Waals surface area contributed by atoms with Gasteiger partial charge in [0, 0.05) is 12.1 Å². The standard InChI is InChI=1S/C12H14N2O2S/c1-8-10(9(2)16-14-8)5-6-13-12(15)11-4-3-7-17-11/h3-4,7H,5-6H2,1-2H3,(H,13,15). The summed E-state index contributed by atoms with van der Waals surface area (Å²) in [6.45, 7) is 4.39. The molecule has 0 aromatic carbocycles. The summed E-state index contributed by atoms with van der Waals surface area (Å²) in [5.74, 6) is 0.805. The molecule has 0 unspecified atom stereocenters. The molecule has 0 saturated heterocycles. The van der Waals surface area contributed by atoms with Gasteiger partial charge in [-0.05, 0) is 31.7 Å². The Morgan fingerprint density at radius 1 is 1.53 bits per heavy atom. The van der Waals surface area contributed by atoms with Gasteiger partial charge in [-0.2, -0.15) is 0 Å². The smallest absolute Gasteiger partial charge is 0.261 e. The molecule has 2 rings (SSSR count). The summed E-state index contributed by atoms with van der Waals surface area (Å²) in [7, 11) is 0. The van der Waals surface area contributed by atoms with Crippen LogP contribution in [-0.4, -0.2) is 17.6 Å². The number of nitrogens with one attached hydrogen (secondary N) is 1. The van der Waals surface area contributed by atoms with Crippen LogP contribution in [-0.2, 0) is 6.42 Å². The van der Waals surface area contributed by atoms with Gasteiger partial charge in [0.25, 0.3) is 5.91 Å². The third kappa shape index (κ3) is 2.74. The molecule has 5 heteroatoms. The van der Waals surface area contributed by atoms with E-state index in [0.29, 0.717) is 6.54 Å². The fraction of sp³-hybridized carbons (Fsp3) is 0.333. The van der Waals surface area contributed by atoms with Gasteiger partial charge in [-0.3, -0.25) is 4.79 Å². The van der Waals surface area contributed by atoms with Crippen LogP contribution >= 0.6 is 11.3 Å². The van der Waals surface area contributed by atoms with E-state index in [0.717, 1.165) is 28.3 Å². The van der Waals surface area contributed by atoms with Crippen molar-refractivity contribution in [1.29, 1.82) is 0 Å². The Morgan fingerprint density at radius 3 is 2.94 bits per heavy atom. The minimum Gasteiger partial charge on any atom is -0.361 e. The molecule has 2 heterocycles. The maximum Gasteiger partial charge on any atom is 0.261 e. The number of hydrogen-bond acceptors (Lipinski definition) is 4. The Hall–Kier alpha value is -1.62. The molecule has 0 fully saturated rings. The maximum atomic E-state index is 11.7. The second-order valence-corrected chi connectivity index (χ2v) is 4.73. The highest BCUT2D eigenvalue weighted by atomic mass is 32.1. The van der Waals surface area contributed by atoms with Crippen molar-refractivity contribution in [3.05, 3.63) is 39.4 Å². The molecule has 0 aliphatic carbocycles. The van der Waals surface area contributed by atoms with Crippen molar-refractivity contribution in [2.24, 2.45) is 0 Å². The van der Waals surface area contributed by atoms with Gasteiger partial charge in [0.05, 0.1) is 10.6 Å². The summed E-state index contributed by atoms with van der Waals surface area (Å²) in [5.41, 5.74) is 1.98. The molecule has 2 aromatic rings. The first-order chi connectivity index (χ1) is 8.18. The zero-order chi connectivity index (χ0) is 12.3. The summed E-state index contributed by atoms with van der Waals surface area (Å²) in [6, 6.07) is 3.68. The fourth-order valence-corrected chi connectivity index (χ4v) is 2.29. The van der Waals surface area contributed by atoms with Crippen molar-refractivity contribution in [3.63, 3.8) is 0 Å². The first-order valence-electron chi connectivity index (χ1n) is 5.42. The van der Waals surface area contributed by atoms with Crippen molar-refractivity contribution in [2.45, 2.75) is 20.3 Å². The van der Waals surface area contributed by atoms with Crippen LogP contribution in [0.25, 0.3) is 0 Å². The number of aryl methyl sites for hydroxylation is 2. The highest BCUT2D eigenvalue weighted by Gasteiger charge is 2.10. The van der Waals surface area contributed by atoms with Gasteiger partial charge in [0.15, 0.2) is 0 Å². The Balaban J connectivity index is 1.86. The molecular weight excluding hydrogens is 236 g/mol. The van der Waals surface area contributed by atoms with E-state index in [4.69, 9.17) is 4.52 Å². The predicted octanol–water partition coefficient (Wildman–Crippen LogP) is 2.33. The van der Waals surface area contributed by atoms with Crippen LogP contribution in [0.15, 0.2) is 22.0 Å². The van der Waals surface area contributed by atoms with Crippen LogP contribution < -0.4 is 5.32 Å². The predicted molar refractivity (Wildman–Crippen MR) is 66.3 cm³/mol. The zero-order valence-electron chi connectivity index (χ0n) is 9.82. The first-order valence-corrected chi connectivity index (χ1v) is 6.30. The van der Waals surface area contributed by atoms with Crippen molar-refractivity contribution >= 4 is 17.2 Å². The average Bonchev–Trinajstić information content (AvgIpc) is 2.93. The molecule has 0 atom stereocenters. The van der Waals surface area contributed by atoms with Gasteiger partial charge in [-0.15, -0.1) is 11.3 Å². The number of aromatic nitrogens is 1. The Labute approximate surface area is 104 Å². The van der Waals surface area contributed by atoms with Gasteiger partial charge in [0.2, 0.25) is 0 Å². The van der Waals surface area contributed by atoms with Crippen molar-refractivity contribution in [3.8, 4) is 0 Å². The Morgan fingerprint density at radius 2 is 2.35 bits per heavy atom. The van der Waals surface area contributed by atoms with E-state index in [-0.39, 0.29) is 5.91 Å². The van der Waals surface area contributed by atoms with Crippen LogP contribution in [0.3, 0.4) is 0 Å². The molecule has 0 spiro atoms. The number of rotatable bonds is 4. The van der Waals surface area contributed by atoms with Gasteiger partial charge in [-0.1, -0.05) is 11.2 Å². The fourth-order valence-electron chi connectivity index (χ4n) is 1.65. The molecule has 1 N–H and O–H groups in total. The monoisotopic (exact) mass is 250 g/mol. The topological polar surface area (TPSA) is 55.1 Å². The Kier molecular flexibility index (Phi) is 3.58. The van der Waals surface area contributed by atoms with Crippen LogP contribution in [0, 0.1) is 13.8 Å². The molecule has 1 amide bonds. The summed E-state index contributed by atoms with van der Waals surface area (Å²) >= 11 is 1.44. The molecule has 0 aliphatic rings. The number of carbonyl (C=O) groups is 1. The lowest BCUT2D eigenvalue weighted by molar-refractivity contribution is 0.0958. The minimum atomic E-state index is -0.0215. The van der Waals surface area contributed by atoms with E-state index in [2.05, 4.69) is 10.5 Å². The van der Waals surface area contributed by atoms with E-state index >= 15 is 0 Å². The molecule has 0 radical (unpaired) electrons. The second kappa shape index (κ2) is 5.14. The normalized spacial score (nSPS) is 10.5. The third-order valence-corrected chi connectivity index (χ3v) is 3.46. The molecule has 4 nitrogen and oxygen atoms in total. The minimum absolute atomic E-state index is 0.0215. The van der Waals surface area contributed by atoms with Crippen molar-refractivity contribution < 1.29 is 9.32 Å². The van der Waals surface area contributed by atoms with Crippen LogP contribution in [0.1, 0.15) is 26.7 Å². The first kappa shape index (κ1) is 11.9. The van der Waals surface area contributed by atoms with Crippen LogP contribution in [0.5, 0.6) is 0 Å². The van der Waals surface area contributed by atoms with Crippen molar-refractivity contribution in [2.75, 3.05) is 6.54 Å². The molecule has 90 valence electrons. The lowest BCUT2D eigenvalue weighted by Gasteiger charge is -2.03. The second-order valence-electron chi connectivity index (χ2n) is 3.79. The molecule has 0 saturated carbocycles. The van der Waals surface area contributed by atoms with E-state index in [1.807, 2.05) is 31.4 Å². The third-order valence-electron chi connectivity index (χ3n) is 2.59. The SMILES string of the molecule is Cc1noc(C)c1CCNC(=O)c1cccs1. The van der Waals surface area contributed by atoms with Gasteiger partial charge in [-0.25, -0.2) is 0 Å². The maximum absolute atomic E-state index is 11.7. The van der Waals surface area contributed by atoms with Gasteiger partial charge < -0.3 is 9.84 Å². The van der Waals surface area contributed by atoms with E-state index in [1.54, 1.807) is 0 Å². The number of hydrogen-bond donors (Lipinski definition) is 1. The lowest BCUT2D eigenvalue weighted by Crippen LogP contribution is -2.25. The molecule has 2 aromatic heterocycles. The van der Waals surface area contributed by atoms with E-state index in [1.165, 1.54) is 11.3 Å². The molecule has 0 aliphatic heterocycles. The van der Waals surface area contributed by atoms with E-state index < -0.39 is 0 Å². The van der Waals surface area contributed by atoms with Crippen LogP contribution in [0.4, 0.5) is 0 Å². The molecule has 17 heavy (non-hydrogen) atoms. The highest BCUT2D eigenvalue weighted by molar-refractivity contribution is 7.12. The molecular formula is C12H14N2O2S. The summed E-state index contributed by atoms with van der Waals surface area (Å²) in [6.07, 6.45) is 0.748. The molecule has 0 bridgehead atoms. The Bertz CT molecular complexity index is 483. The summed E-state index contributed by atoms with van der Waals surface area (Å²) in [5, 5.41) is 8.65. The largest absolute Gasteiger partial charge is 0.361 e. The van der Waals surface area contributed by atoms with Crippen molar-refractivity contribution in [1.82, 2.24) is 10.5 Å². The van der Waals surface area contributed by atoms with Gasteiger partial charge >= 0.3 is 0 Å².